The summed E-state index contributed by atoms with van der Waals surface area (Å²) in [5.41, 5.74) is 0.945. The number of halogens is 2. The maximum absolute atomic E-state index is 11.2. The minimum atomic E-state index is -0.219. The van der Waals surface area contributed by atoms with Crippen LogP contribution in [0.5, 0.6) is 0 Å². The second-order valence-corrected chi connectivity index (χ2v) is 6.64. The van der Waals surface area contributed by atoms with Crippen LogP contribution in [0.15, 0.2) is 34.8 Å². The lowest BCUT2D eigenvalue weighted by atomic mass is 10.3. The average Bonchev–Trinajstić information content (AvgIpc) is 2.87. The van der Waals surface area contributed by atoms with Crippen molar-refractivity contribution in [2.24, 2.45) is 0 Å². The number of hydrogen-bond donors (Lipinski definition) is 1. The predicted molar refractivity (Wildman–Crippen MR) is 86.5 cm³/mol. The molecule has 0 saturated heterocycles. The van der Waals surface area contributed by atoms with Crippen LogP contribution in [0.3, 0.4) is 0 Å². The van der Waals surface area contributed by atoms with Crippen molar-refractivity contribution in [2.45, 2.75) is 13.0 Å². The van der Waals surface area contributed by atoms with Gasteiger partial charge in [-0.1, -0.05) is 11.6 Å². The van der Waals surface area contributed by atoms with Crippen molar-refractivity contribution in [3.05, 3.63) is 49.6 Å². The van der Waals surface area contributed by atoms with Crippen molar-refractivity contribution >= 4 is 50.5 Å². The van der Waals surface area contributed by atoms with E-state index in [1.807, 2.05) is 30.3 Å². The molecule has 6 heteroatoms. The largest absolute Gasteiger partial charge is 0.469 e. The highest BCUT2D eigenvalue weighted by atomic mass is 79.9. The highest BCUT2D eigenvalue weighted by molar-refractivity contribution is 9.10. The quantitative estimate of drug-likeness (QED) is 0.784. The third-order valence-electron chi connectivity index (χ3n) is 2.65. The van der Waals surface area contributed by atoms with E-state index in [0.29, 0.717) is 18.0 Å². The summed E-state index contributed by atoms with van der Waals surface area (Å²) < 4.78 is 5.62. The van der Waals surface area contributed by atoms with Crippen molar-refractivity contribution in [1.82, 2.24) is 0 Å². The van der Waals surface area contributed by atoms with E-state index in [2.05, 4.69) is 26.0 Å². The van der Waals surface area contributed by atoms with Gasteiger partial charge in [0.25, 0.3) is 0 Å². The van der Waals surface area contributed by atoms with Crippen LogP contribution in [0.2, 0.25) is 5.02 Å². The molecular weight excluding hydrogens is 362 g/mol. The molecule has 0 fully saturated rings. The fourth-order valence-corrected chi connectivity index (χ4v) is 3.14. The molecule has 0 amide bonds. The SMILES string of the molecule is COC(=O)Cc1ccc(CNc2cc(Cl)ccc2Br)s1. The molecule has 0 aliphatic heterocycles. The smallest absolute Gasteiger partial charge is 0.310 e. The van der Waals surface area contributed by atoms with Gasteiger partial charge in [0, 0.05) is 25.8 Å². The molecule has 2 aromatic rings. The van der Waals surface area contributed by atoms with E-state index in [9.17, 15) is 4.79 Å². The first kappa shape index (κ1) is 15.4. The number of thiophene rings is 1. The van der Waals surface area contributed by atoms with Crippen LogP contribution in [0.25, 0.3) is 0 Å². The second-order valence-electron chi connectivity index (χ2n) is 4.10. The van der Waals surface area contributed by atoms with Crippen LogP contribution >= 0.6 is 38.9 Å². The molecule has 0 spiro atoms. The van der Waals surface area contributed by atoms with Crippen molar-refractivity contribution < 1.29 is 9.53 Å². The monoisotopic (exact) mass is 373 g/mol. The van der Waals surface area contributed by atoms with Gasteiger partial charge in [-0.05, 0) is 46.3 Å². The van der Waals surface area contributed by atoms with Crippen LogP contribution < -0.4 is 5.32 Å². The third-order valence-corrected chi connectivity index (χ3v) is 4.66. The Morgan fingerprint density at radius 1 is 1.35 bits per heavy atom. The van der Waals surface area contributed by atoms with Crippen molar-refractivity contribution in [1.29, 1.82) is 0 Å². The molecular formula is C14H13BrClNO2S. The van der Waals surface area contributed by atoms with E-state index < -0.39 is 0 Å². The van der Waals surface area contributed by atoms with Gasteiger partial charge < -0.3 is 10.1 Å². The van der Waals surface area contributed by atoms with E-state index in [0.717, 1.165) is 19.9 Å². The summed E-state index contributed by atoms with van der Waals surface area (Å²) in [5.74, 6) is -0.219. The molecule has 3 nitrogen and oxygen atoms in total. The summed E-state index contributed by atoms with van der Waals surface area (Å²) >= 11 is 11.0. The van der Waals surface area contributed by atoms with Gasteiger partial charge in [-0.3, -0.25) is 4.79 Å². The Bertz CT molecular complexity index is 615. The number of ether oxygens (including phenoxy) is 1. The van der Waals surface area contributed by atoms with Gasteiger partial charge in [0.1, 0.15) is 0 Å². The fourth-order valence-electron chi connectivity index (χ4n) is 1.64. The second kappa shape index (κ2) is 7.11. The molecule has 0 atom stereocenters. The zero-order valence-corrected chi connectivity index (χ0v) is 13.9. The Labute approximate surface area is 135 Å². The number of methoxy groups -OCH3 is 1. The highest BCUT2D eigenvalue weighted by Gasteiger charge is 2.07. The van der Waals surface area contributed by atoms with Crippen LogP contribution in [0.1, 0.15) is 9.75 Å². The van der Waals surface area contributed by atoms with Gasteiger partial charge >= 0.3 is 5.97 Å². The molecule has 0 bridgehead atoms. The number of carbonyl (C=O) groups excluding carboxylic acids is 1. The molecule has 2 rings (SSSR count). The highest BCUT2D eigenvalue weighted by Crippen LogP contribution is 2.27. The molecule has 20 heavy (non-hydrogen) atoms. The average molecular weight is 375 g/mol. The summed E-state index contributed by atoms with van der Waals surface area (Å²) in [6.07, 6.45) is 0.321. The van der Waals surface area contributed by atoms with Gasteiger partial charge in [-0.2, -0.15) is 0 Å². The fraction of sp³-hybridized carbons (Fsp3) is 0.214. The molecule has 1 aromatic heterocycles. The summed E-state index contributed by atoms with van der Waals surface area (Å²) in [5, 5.41) is 4.00. The molecule has 1 N–H and O–H groups in total. The minimum absolute atomic E-state index is 0.219. The Morgan fingerprint density at radius 3 is 2.85 bits per heavy atom. The lowest BCUT2D eigenvalue weighted by Gasteiger charge is -2.07. The number of benzene rings is 1. The first-order valence-electron chi connectivity index (χ1n) is 5.92. The Morgan fingerprint density at radius 2 is 2.10 bits per heavy atom. The van der Waals surface area contributed by atoms with E-state index in [-0.39, 0.29) is 5.97 Å². The lowest BCUT2D eigenvalue weighted by Crippen LogP contribution is -2.02. The van der Waals surface area contributed by atoms with Gasteiger partial charge in [-0.25, -0.2) is 0 Å². The number of carbonyl (C=O) groups is 1. The summed E-state index contributed by atoms with van der Waals surface area (Å²) in [7, 11) is 1.40. The summed E-state index contributed by atoms with van der Waals surface area (Å²) in [6.45, 7) is 0.685. The Kier molecular flexibility index (Phi) is 5.46. The van der Waals surface area contributed by atoms with Gasteiger partial charge in [-0.15, -0.1) is 11.3 Å². The molecule has 1 heterocycles. The summed E-state index contributed by atoms with van der Waals surface area (Å²) in [6, 6.07) is 9.56. The molecule has 0 unspecified atom stereocenters. The Hall–Kier alpha value is -1.04. The van der Waals surface area contributed by atoms with E-state index in [1.165, 1.54) is 7.11 Å². The zero-order valence-electron chi connectivity index (χ0n) is 10.8. The predicted octanol–water partition coefficient (Wildman–Crippen LogP) is 4.49. The first-order valence-corrected chi connectivity index (χ1v) is 7.90. The van der Waals surface area contributed by atoms with Crippen molar-refractivity contribution in [2.75, 3.05) is 12.4 Å². The van der Waals surface area contributed by atoms with Crippen molar-refractivity contribution in [3.63, 3.8) is 0 Å². The molecule has 1 aromatic carbocycles. The molecule has 0 aliphatic carbocycles. The van der Waals surface area contributed by atoms with Crippen molar-refractivity contribution in [3.8, 4) is 0 Å². The van der Waals surface area contributed by atoms with E-state index in [4.69, 9.17) is 11.6 Å². The number of nitrogens with one attached hydrogen (secondary N) is 1. The van der Waals surface area contributed by atoms with E-state index in [1.54, 1.807) is 11.3 Å². The minimum Gasteiger partial charge on any atom is -0.469 e. The normalized spacial score (nSPS) is 10.3. The van der Waals surface area contributed by atoms with Gasteiger partial charge in [0.15, 0.2) is 0 Å². The maximum atomic E-state index is 11.2. The Balaban J connectivity index is 1.97. The molecule has 0 saturated carbocycles. The van der Waals surface area contributed by atoms with Crippen LogP contribution in [0.4, 0.5) is 5.69 Å². The third kappa shape index (κ3) is 4.23. The molecule has 0 radical (unpaired) electrons. The number of esters is 1. The summed E-state index contributed by atoms with van der Waals surface area (Å²) in [4.78, 5) is 13.3. The zero-order chi connectivity index (χ0) is 14.5. The van der Waals surface area contributed by atoms with Crippen LogP contribution in [-0.2, 0) is 22.5 Å². The van der Waals surface area contributed by atoms with E-state index >= 15 is 0 Å². The van der Waals surface area contributed by atoms with Gasteiger partial charge in [0.05, 0.1) is 19.2 Å². The number of hydrogen-bond acceptors (Lipinski definition) is 4. The topological polar surface area (TPSA) is 38.3 Å². The lowest BCUT2D eigenvalue weighted by molar-refractivity contribution is -0.139. The standard InChI is InChI=1S/C14H13BrClNO2S/c1-19-14(18)7-10-3-4-11(20-10)8-17-13-6-9(16)2-5-12(13)15/h2-6,17H,7-8H2,1H3. The van der Waals surface area contributed by atoms with Crippen LogP contribution in [0, 0.1) is 0 Å². The number of rotatable bonds is 5. The maximum Gasteiger partial charge on any atom is 0.310 e. The van der Waals surface area contributed by atoms with Gasteiger partial charge in [0.2, 0.25) is 0 Å². The molecule has 106 valence electrons. The number of anilines is 1. The molecule has 0 aliphatic rings. The first-order chi connectivity index (χ1) is 9.58. The van der Waals surface area contributed by atoms with Crippen LogP contribution in [-0.4, -0.2) is 13.1 Å².